The van der Waals surface area contributed by atoms with Crippen molar-refractivity contribution in [3.8, 4) is 0 Å². The highest BCUT2D eigenvalue weighted by Gasteiger charge is 2.02. The first-order chi connectivity index (χ1) is 20.2. The van der Waals surface area contributed by atoms with Crippen LogP contribution in [0.2, 0.25) is 0 Å². The summed E-state index contributed by atoms with van der Waals surface area (Å²) in [5.74, 6) is 3.83. The highest BCUT2D eigenvalue weighted by atomic mass is 32.2. The van der Waals surface area contributed by atoms with Crippen molar-refractivity contribution in [1.29, 1.82) is 0 Å². The van der Waals surface area contributed by atoms with Gasteiger partial charge in [-0.3, -0.25) is 9.98 Å². The van der Waals surface area contributed by atoms with E-state index in [1.54, 1.807) is 47.0 Å². The second-order valence-corrected chi connectivity index (χ2v) is 14.0. The minimum absolute atomic E-state index is 0.00278. The fraction of sp³-hybridized carbons (Fsp3) is 0.810. The van der Waals surface area contributed by atoms with Gasteiger partial charge < -0.3 is 40.1 Å². The highest BCUT2D eigenvalue weighted by molar-refractivity contribution is 8.16. The van der Waals surface area contributed by atoms with Crippen LogP contribution in [-0.2, 0) is 29.0 Å². The van der Waals surface area contributed by atoms with Gasteiger partial charge in [-0.2, -0.15) is 9.78 Å². The van der Waals surface area contributed by atoms with Crippen molar-refractivity contribution in [2.75, 3.05) is 103 Å². The molecule has 0 aliphatic rings. The average molecular weight is 701 g/mol. The van der Waals surface area contributed by atoms with E-state index in [9.17, 15) is 9.59 Å². The van der Waals surface area contributed by atoms with Crippen molar-refractivity contribution in [2.24, 2.45) is 9.98 Å². The summed E-state index contributed by atoms with van der Waals surface area (Å²) in [6.07, 6.45) is 1.54. The lowest BCUT2D eigenvalue weighted by Crippen LogP contribution is -2.27. The summed E-state index contributed by atoms with van der Waals surface area (Å²) >= 11 is 9.82. The van der Waals surface area contributed by atoms with E-state index in [-0.39, 0.29) is 32.4 Å². The summed E-state index contributed by atoms with van der Waals surface area (Å²) in [5.41, 5.74) is 0. The van der Waals surface area contributed by atoms with Crippen LogP contribution in [0.4, 0.5) is 9.59 Å². The maximum atomic E-state index is 11.7. The highest BCUT2D eigenvalue weighted by Crippen LogP contribution is 2.13. The van der Waals surface area contributed by atoms with Crippen LogP contribution in [0.5, 0.6) is 0 Å². The Morgan fingerprint density at radius 1 is 0.634 bits per heavy atom. The predicted octanol–water partition coefficient (Wildman–Crippen LogP) is 2.56. The predicted molar refractivity (Wildman–Crippen MR) is 173 cm³/mol. The first-order valence-electron chi connectivity index (χ1n) is 12.2. The van der Waals surface area contributed by atoms with Crippen LogP contribution in [0.3, 0.4) is 0 Å². The van der Waals surface area contributed by atoms with Crippen molar-refractivity contribution in [3.63, 3.8) is 0 Å². The lowest BCUT2D eigenvalue weighted by atomic mass is 10.7. The summed E-state index contributed by atoms with van der Waals surface area (Å²) < 4.78 is 9.78. The summed E-state index contributed by atoms with van der Waals surface area (Å²) in [6.45, 7) is 2.10. The Morgan fingerprint density at radius 3 is 1.76 bits per heavy atom. The molecule has 0 aromatic heterocycles. The number of aliphatic imine (C=N–C) groups is 2. The molecule has 0 atom stereocenters. The molecule has 0 heterocycles. The number of hydrogen-bond acceptors (Lipinski definition) is 18. The number of ether oxygens (including phenoxy) is 2. The zero-order valence-corrected chi connectivity index (χ0v) is 27.6. The van der Waals surface area contributed by atoms with E-state index in [1.165, 1.54) is 36.3 Å². The number of thioether (sulfide) groups is 6. The molecule has 0 bridgehead atoms. The Hall–Kier alpha value is -0.580. The van der Waals surface area contributed by atoms with E-state index in [0.29, 0.717) is 37.2 Å². The molecule has 0 radical (unpaired) electrons. The first kappa shape index (κ1) is 40.4. The molecule has 0 aromatic rings. The van der Waals surface area contributed by atoms with Gasteiger partial charge in [0.2, 0.25) is 12.8 Å². The van der Waals surface area contributed by atoms with Crippen LogP contribution in [0.15, 0.2) is 9.98 Å². The van der Waals surface area contributed by atoms with Crippen LogP contribution in [0.1, 0.15) is 0 Å². The molecule has 0 unspecified atom stereocenters. The van der Waals surface area contributed by atoms with Crippen LogP contribution >= 0.6 is 70.6 Å². The van der Waals surface area contributed by atoms with Crippen LogP contribution in [0, 0.1) is 0 Å². The Bertz CT molecular complexity index is 662. The van der Waals surface area contributed by atoms with Gasteiger partial charge in [-0.25, -0.2) is 9.59 Å². The maximum absolute atomic E-state index is 11.7. The molecule has 41 heavy (non-hydrogen) atoms. The number of alkyl carbamates (subject to hydrolysis) is 2. The van der Waals surface area contributed by atoms with E-state index >= 15 is 0 Å². The van der Waals surface area contributed by atoms with Crippen molar-refractivity contribution in [3.05, 3.63) is 0 Å². The van der Waals surface area contributed by atoms with Gasteiger partial charge in [-0.1, -0.05) is 0 Å². The van der Waals surface area contributed by atoms with Crippen molar-refractivity contribution >= 4 is 95.6 Å². The van der Waals surface area contributed by atoms with Gasteiger partial charge in [0.05, 0.1) is 26.3 Å². The molecule has 0 aliphatic heterocycles. The smallest absolute Gasteiger partial charge is 0.407 e. The maximum Gasteiger partial charge on any atom is 0.407 e. The normalized spacial score (nSPS) is 11.2. The number of amides is 2. The van der Waals surface area contributed by atoms with Gasteiger partial charge >= 0.3 is 12.2 Å². The van der Waals surface area contributed by atoms with Crippen molar-refractivity contribution in [1.82, 2.24) is 10.6 Å². The molecule has 0 spiro atoms. The summed E-state index contributed by atoms with van der Waals surface area (Å²) in [4.78, 5) is 49.9. The lowest BCUT2D eigenvalue weighted by molar-refractivity contribution is -0.221. The van der Waals surface area contributed by atoms with Crippen molar-refractivity contribution < 1.29 is 48.8 Å². The van der Waals surface area contributed by atoms with Crippen molar-refractivity contribution in [2.45, 2.75) is 0 Å². The van der Waals surface area contributed by atoms with Gasteiger partial charge in [0.25, 0.3) is 0 Å². The first-order valence-corrected chi connectivity index (χ1v) is 19.2. The summed E-state index contributed by atoms with van der Waals surface area (Å²) in [7, 11) is 0. The number of aliphatic hydroxyl groups is 2. The molecule has 4 N–H and O–H groups in total. The number of nitrogens with zero attached hydrogens (tertiary/aromatic N) is 2. The fourth-order valence-electron chi connectivity index (χ4n) is 1.88. The number of carbonyl (C=O) groups is 2. The second-order valence-electron chi connectivity index (χ2n) is 6.65. The number of nitrogens with one attached hydrogen (secondary N) is 2. The molecule has 0 saturated carbocycles. The third-order valence-electron chi connectivity index (χ3n) is 3.54. The largest absolute Gasteiger partial charge is 0.447 e. The Morgan fingerprint density at radius 2 is 1.15 bits per heavy atom. The van der Waals surface area contributed by atoms with E-state index in [4.69, 9.17) is 24.7 Å². The number of aliphatic hydroxyl groups excluding tert-OH is 2. The van der Waals surface area contributed by atoms with E-state index < -0.39 is 12.2 Å². The monoisotopic (exact) mass is 700 g/mol. The second kappa shape index (κ2) is 35.6. The lowest BCUT2D eigenvalue weighted by Gasteiger charge is -2.06. The van der Waals surface area contributed by atoms with Crippen LogP contribution in [0.25, 0.3) is 0 Å². The standard InChI is InChI=1S/C21H40N4O10S6/c26-5-7-30-20(28)24-3-11-38-17-37-10-2-23-14-34-35-16-41-19-40-15-31-21(29)25-4-12-39-18-36-9-1-22-13-33-32-8-6-27/h13-14,26-27H,1-12,15-19H2,(H,24,28)(H,25,29). The fourth-order valence-corrected chi connectivity index (χ4v) is 7.00. The van der Waals surface area contributed by atoms with E-state index in [1.807, 2.05) is 0 Å². The molecule has 20 heteroatoms. The van der Waals surface area contributed by atoms with E-state index in [0.717, 1.165) is 33.2 Å². The van der Waals surface area contributed by atoms with Gasteiger partial charge in [0.1, 0.15) is 25.1 Å². The van der Waals surface area contributed by atoms with E-state index in [2.05, 4.69) is 35.1 Å². The summed E-state index contributed by atoms with van der Waals surface area (Å²) in [5, 5.41) is 24.8. The molecule has 0 fully saturated rings. The van der Waals surface area contributed by atoms with Crippen LogP contribution < -0.4 is 10.6 Å². The topological polar surface area (TPSA) is 179 Å². The zero-order chi connectivity index (χ0) is 29.9. The minimum atomic E-state index is -0.516. The Labute approximate surface area is 266 Å². The number of carbonyl (C=O) groups excluding carboxylic acids is 2. The van der Waals surface area contributed by atoms with Crippen LogP contribution in [-0.4, -0.2) is 138 Å². The number of hydrogen-bond donors (Lipinski definition) is 4. The number of rotatable bonds is 30. The van der Waals surface area contributed by atoms with Gasteiger partial charge in [-0.05, 0) is 0 Å². The third-order valence-corrected chi connectivity index (χ3v) is 10.0. The average Bonchev–Trinajstić information content (AvgIpc) is 2.97. The molecule has 0 aliphatic carbocycles. The third kappa shape index (κ3) is 35.5. The van der Waals surface area contributed by atoms with Gasteiger partial charge in [0.15, 0.2) is 0 Å². The van der Waals surface area contributed by atoms with Gasteiger partial charge in [-0.15, -0.1) is 70.6 Å². The SMILES string of the molecule is O=C(NCCSCSCCN=COOCSCSCOC(=O)NCCSCSCCN=COOCCO)OCCO. The Kier molecular flexibility index (Phi) is 35.1. The molecule has 14 nitrogen and oxygen atoms in total. The zero-order valence-electron chi connectivity index (χ0n) is 22.7. The molecule has 2 amide bonds. The molecule has 240 valence electrons. The van der Waals surface area contributed by atoms with Gasteiger partial charge in [0, 0.05) is 51.4 Å². The molecule has 0 aromatic carbocycles. The molecular formula is C21H40N4O10S6. The molecule has 0 saturated heterocycles. The molecule has 0 rings (SSSR count). The quantitative estimate of drug-likeness (QED) is 0.0214. The summed E-state index contributed by atoms with van der Waals surface area (Å²) in [6, 6.07) is 0. The Balaban J connectivity index is 3.26. The minimum Gasteiger partial charge on any atom is -0.447 e. The molecular weight excluding hydrogens is 661 g/mol.